The van der Waals surface area contributed by atoms with Gasteiger partial charge in [-0.05, 0) is 30.5 Å². The summed E-state index contributed by atoms with van der Waals surface area (Å²) in [6, 6.07) is 7.61. The van der Waals surface area contributed by atoms with E-state index in [0.717, 1.165) is 4.90 Å². The number of rotatable bonds is 2. The summed E-state index contributed by atoms with van der Waals surface area (Å²) in [5.41, 5.74) is 0.706. The highest BCUT2D eigenvalue weighted by atomic mass is 32.2. The van der Waals surface area contributed by atoms with Gasteiger partial charge in [0.05, 0.1) is 0 Å². The van der Waals surface area contributed by atoms with Gasteiger partial charge in [-0.3, -0.25) is 9.59 Å². The maximum atomic E-state index is 12.1. The number of hydrogen-bond acceptors (Lipinski definition) is 3. The van der Waals surface area contributed by atoms with E-state index in [4.69, 9.17) is 0 Å². The Balaban J connectivity index is 2.05. The van der Waals surface area contributed by atoms with Crippen LogP contribution in [0.15, 0.2) is 29.2 Å². The second kappa shape index (κ2) is 5.36. The number of benzene rings is 1. The van der Waals surface area contributed by atoms with Gasteiger partial charge in [0.25, 0.3) is 5.91 Å². The van der Waals surface area contributed by atoms with Gasteiger partial charge in [-0.2, -0.15) is 0 Å². The molecule has 2 rings (SSSR count). The van der Waals surface area contributed by atoms with Crippen LogP contribution >= 0.6 is 11.8 Å². The molecule has 90 valence electrons. The van der Waals surface area contributed by atoms with E-state index in [1.165, 1.54) is 0 Å². The van der Waals surface area contributed by atoms with E-state index in [9.17, 15) is 9.59 Å². The van der Waals surface area contributed by atoms with E-state index >= 15 is 0 Å². The van der Waals surface area contributed by atoms with Gasteiger partial charge in [-0.15, -0.1) is 11.8 Å². The molecule has 0 aliphatic carbocycles. The quantitative estimate of drug-likeness (QED) is 0.754. The second-order valence-electron chi connectivity index (χ2n) is 4.06. The van der Waals surface area contributed by atoms with Crippen LogP contribution in [0.2, 0.25) is 0 Å². The molecule has 1 saturated heterocycles. The van der Waals surface area contributed by atoms with Gasteiger partial charge in [0, 0.05) is 36.4 Å². The molecule has 1 aromatic rings. The summed E-state index contributed by atoms with van der Waals surface area (Å²) in [4.78, 5) is 26.1. The average molecular weight is 249 g/mol. The lowest BCUT2D eigenvalue weighted by Crippen LogP contribution is -2.38. The first-order valence-electron chi connectivity index (χ1n) is 5.66. The molecule has 1 amide bonds. The van der Waals surface area contributed by atoms with Gasteiger partial charge in [-0.1, -0.05) is 0 Å². The zero-order chi connectivity index (χ0) is 12.3. The lowest BCUT2D eigenvalue weighted by Gasteiger charge is -2.26. The Morgan fingerprint density at radius 1 is 1.18 bits per heavy atom. The van der Waals surface area contributed by atoms with E-state index in [1.54, 1.807) is 16.7 Å². The van der Waals surface area contributed by atoms with Crippen LogP contribution in [-0.4, -0.2) is 35.9 Å². The maximum absolute atomic E-state index is 12.1. The number of hydrogen-bond donors (Lipinski definition) is 0. The van der Waals surface area contributed by atoms with Gasteiger partial charge in [0.2, 0.25) is 0 Å². The Morgan fingerprint density at radius 3 is 2.29 bits per heavy atom. The number of ketones is 1. The van der Waals surface area contributed by atoms with Gasteiger partial charge in [0.15, 0.2) is 0 Å². The minimum Gasteiger partial charge on any atom is -0.338 e. The fourth-order valence-corrected chi connectivity index (χ4v) is 2.28. The number of nitrogens with zero attached hydrogens (tertiary/aromatic N) is 1. The van der Waals surface area contributed by atoms with Crippen molar-refractivity contribution in [3.63, 3.8) is 0 Å². The number of amides is 1. The molecule has 1 aliphatic heterocycles. The van der Waals surface area contributed by atoms with Gasteiger partial charge in [-0.25, -0.2) is 0 Å². The van der Waals surface area contributed by atoms with Crippen molar-refractivity contribution in [2.75, 3.05) is 19.3 Å². The van der Waals surface area contributed by atoms with Crippen molar-refractivity contribution >= 4 is 23.5 Å². The van der Waals surface area contributed by atoms with Crippen LogP contribution in [0.4, 0.5) is 0 Å². The Kier molecular flexibility index (Phi) is 3.84. The fraction of sp³-hybridized carbons (Fsp3) is 0.385. The standard InChI is InChI=1S/C13H15NO2S/c1-17-12-4-2-10(3-5-12)13(16)14-8-6-11(15)7-9-14/h2-5H,6-9H2,1H3. The number of likely N-dealkylation sites (tertiary alicyclic amines) is 1. The third-order valence-corrected chi connectivity index (χ3v) is 3.69. The van der Waals surface area contributed by atoms with E-state index in [2.05, 4.69) is 0 Å². The third kappa shape index (κ3) is 2.88. The van der Waals surface area contributed by atoms with Gasteiger partial charge in [0.1, 0.15) is 5.78 Å². The van der Waals surface area contributed by atoms with Crippen molar-refractivity contribution in [2.24, 2.45) is 0 Å². The summed E-state index contributed by atoms with van der Waals surface area (Å²) in [7, 11) is 0. The predicted molar refractivity (Wildman–Crippen MR) is 68.4 cm³/mol. The first kappa shape index (κ1) is 12.2. The van der Waals surface area contributed by atoms with E-state index in [-0.39, 0.29) is 11.7 Å². The molecule has 0 N–H and O–H groups in total. The summed E-state index contributed by atoms with van der Waals surface area (Å²) in [6.45, 7) is 1.11. The van der Waals surface area contributed by atoms with Crippen LogP contribution in [-0.2, 0) is 4.79 Å². The average Bonchev–Trinajstić information content (AvgIpc) is 2.39. The van der Waals surface area contributed by atoms with E-state index in [1.807, 2.05) is 30.5 Å². The van der Waals surface area contributed by atoms with Crippen LogP contribution < -0.4 is 0 Å². The summed E-state index contributed by atoms with van der Waals surface area (Å²) in [5, 5.41) is 0. The zero-order valence-corrected chi connectivity index (χ0v) is 10.6. The molecule has 3 nitrogen and oxygen atoms in total. The van der Waals surface area contributed by atoms with Crippen LogP contribution in [0.5, 0.6) is 0 Å². The molecule has 1 aliphatic rings. The van der Waals surface area contributed by atoms with Crippen molar-refractivity contribution in [3.05, 3.63) is 29.8 Å². The SMILES string of the molecule is CSc1ccc(C(=O)N2CCC(=O)CC2)cc1. The highest BCUT2D eigenvalue weighted by Gasteiger charge is 2.21. The maximum Gasteiger partial charge on any atom is 0.253 e. The van der Waals surface area contributed by atoms with E-state index < -0.39 is 0 Å². The Labute approximate surface area is 105 Å². The molecule has 1 aromatic carbocycles. The second-order valence-corrected chi connectivity index (χ2v) is 4.94. The number of carbonyl (C=O) groups excluding carboxylic acids is 2. The summed E-state index contributed by atoms with van der Waals surface area (Å²) in [6.07, 6.45) is 3.00. The predicted octanol–water partition coefficient (Wildman–Crippen LogP) is 2.21. The Morgan fingerprint density at radius 2 is 1.76 bits per heavy atom. The van der Waals surface area contributed by atoms with Crippen LogP contribution in [0.1, 0.15) is 23.2 Å². The Hall–Kier alpha value is -1.29. The number of Topliss-reactive ketones (excluding diaryl/α,β-unsaturated/α-hetero) is 1. The topological polar surface area (TPSA) is 37.4 Å². The normalized spacial score (nSPS) is 16.1. The molecule has 0 aromatic heterocycles. The summed E-state index contributed by atoms with van der Waals surface area (Å²) >= 11 is 1.66. The Bertz CT molecular complexity index is 418. The summed E-state index contributed by atoms with van der Waals surface area (Å²) < 4.78 is 0. The largest absolute Gasteiger partial charge is 0.338 e. The molecule has 0 saturated carbocycles. The zero-order valence-electron chi connectivity index (χ0n) is 9.81. The number of carbonyl (C=O) groups is 2. The lowest BCUT2D eigenvalue weighted by atomic mass is 10.1. The molecule has 1 fully saturated rings. The molecular formula is C13H15NO2S. The third-order valence-electron chi connectivity index (χ3n) is 2.95. The molecule has 0 bridgehead atoms. The van der Waals surface area contributed by atoms with Crippen molar-refractivity contribution in [1.29, 1.82) is 0 Å². The first-order chi connectivity index (χ1) is 8.20. The van der Waals surface area contributed by atoms with Gasteiger partial charge >= 0.3 is 0 Å². The molecule has 17 heavy (non-hydrogen) atoms. The van der Waals surface area contributed by atoms with E-state index in [0.29, 0.717) is 31.5 Å². The molecule has 0 unspecified atom stereocenters. The molecular weight excluding hydrogens is 234 g/mol. The van der Waals surface area contributed by atoms with Crippen LogP contribution in [0, 0.1) is 0 Å². The highest BCUT2D eigenvalue weighted by Crippen LogP contribution is 2.17. The lowest BCUT2D eigenvalue weighted by molar-refractivity contribution is -0.120. The van der Waals surface area contributed by atoms with Crippen molar-refractivity contribution in [2.45, 2.75) is 17.7 Å². The monoisotopic (exact) mass is 249 g/mol. The van der Waals surface area contributed by atoms with Crippen LogP contribution in [0.3, 0.4) is 0 Å². The van der Waals surface area contributed by atoms with Crippen LogP contribution in [0.25, 0.3) is 0 Å². The smallest absolute Gasteiger partial charge is 0.253 e. The minimum absolute atomic E-state index is 0.0325. The van der Waals surface area contributed by atoms with Crippen molar-refractivity contribution in [3.8, 4) is 0 Å². The molecule has 0 atom stereocenters. The highest BCUT2D eigenvalue weighted by molar-refractivity contribution is 7.98. The molecule has 1 heterocycles. The number of thioether (sulfide) groups is 1. The minimum atomic E-state index is 0.0325. The first-order valence-corrected chi connectivity index (χ1v) is 6.88. The van der Waals surface area contributed by atoms with Crippen molar-refractivity contribution in [1.82, 2.24) is 4.90 Å². The summed E-state index contributed by atoms with van der Waals surface area (Å²) in [5.74, 6) is 0.289. The number of piperidine rings is 1. The van der Waals surface area contributed by atoms with Crippen molar-refractivity contribution < 1.29 is 9.59 Å². The molecule has 0 spiro atoms. The fourth-order valence-electron chi connectivity index (χ4n) is 1.88. The molecule has 4 heteroatoms. The molecule has 0 radical (unpaired) electrons. The van der Waals surface area contributed by atoms with Gasteiger partial charge < -0.3 is 4.90 Å².